The number of alkyl halides is 3. The average Bonchev–Trinajstić information content (AvgIpc) is 2.82. The van der Waals surface area contributed by atoms with Gasteiger partial charge in [-0.15, -0.1) is 0 Å². The zero-order valence-electron chi connectivity index (χ0n) is 10.9. The number of halogens is 3. The highest BCUT2D eigenvalue weighted by Gasteiger charge is 2.33. The first-order chi connectivity index (χ1) is 9.36. The maximum atomic E-state index is 13.0. The van der Waals surface area contributed by atoms with Crippen molar-refractivity contribution in [1.82, 2.24) is 4.90 Å². The zero-order valence-corrected chi connectivity index (χ0v) is 11.8. The first-order valence-corrected chi connectivity index (χ1v) is 6.96. The van der Waals surface area contributed by atoms with E-state index in [4.69, 9.17) is 5.73 Å². The van der Waals surface area contributed by atoms with Crippen molar-refractivity contribution in [2.45, 2.75) is 19.3 Å². The topological polar surface area (TPSA) is 29.3 Å². The van der Waals surface area contributed by atoms with Crippen molar-refractivity contribution in [2.24, 2.45) is 0 Å². The van der Waals surface area contributed by atoms with Gasteiger partial charge in [-0.2, -0.15) is 24.5 Å². The van der Waals surface area contributed by atoms with Gasteiger partial charge in [0, 0.05) is 18.8 Å². The molecule has 0 atom stereocenters. The normalized spacial score (nSPS) is 12.1. The van der Waals surface area contributed by atoms with Crippen molar-refractivity contribution in [1.29, 1.82) is 0 Å². The third kappa shape index (κ3) is 3.74. The molecule has 0 amide bonds. The quantitative estimate of drug-likeness (QED) is 0.865. The van der Waals surface area contributed by atoms with Gasteiger partial charge in [-0.1, -0.05) is 6.07 Å². The van der Waals surface area contributed by atoms with E-state index in [1.165, 1.54) is 12.1 Å². The van der Waals surface area contributed by atoms with Gasteiger partial charge in [0.05, 0.1) is 5.56 Å². The third-order valence-corrected chi connectivity index (χ3v) is 3.64. The van der Waals surface area contributed by atoms with Crippen LogP contribution in [0.3, 0.4) is 0 Å². The molecule has 0 aliphatic heterocycles. The minimum absolute atomic E-state index is 0.126. The van der Waals surface area contributed by atoms with E-state index in [0.29, 0.717) is 6.54 Å². The van der Waals surface area contributed by atoms with Crippen molar-refractivity contribution < 1.29 is 13.2 Å². The van der Waals surface area contributed by atoms with Gasteiger partial charge in [0.25, 0.3) is 0 Å². The van der Waals surface area contributed by atoms with E-state index in [1.54, 1.807) is 18.4 Å². The van der Waals surface area contributed by atoms with Crippen molar-refractivity contribution >= 4 is 17.0 Å². The molecule has 0 spiro atoms. The summed E-state index contributed by atoms with van der Waals surface area (Å²) in [4.78, 5) is 1.85. The molecule has 108 valence electrons. The molecule has 1 heterocycles. The standard InChI is InChI=1S/C14H15F3N2S/c1-19(7-10-4-5-20-9-10)8-11-2-3-12(18)6-13(11)14(15,16)17/h2-6,9H,7-8,18H2,1H3. The number of hydrogen-bond acceptors (Lipinski definition) is 3. The summed E-state index contributed by atoms with van der Waals surface area (Å²) in [5, 5.41) is 3.94. The smallest absolute Gasteiger partial charge is 0.399 e. The molecule has 0 aliphatic rings. The Morgan fingerprint density at radius 2 is 1.95 bits per heavy atom. The van der Waals surface area contributed by atoms with E-state index < -0.39 is 11.7 Å². The van der Waals surface area contributed by atoms with Gasteiger partial charge >= 0.3 is 6.18 Å². The van der Waals surface area contributed by atoms with Crippen LogP contribution in [0.4, 0.5) is 18.9 Å². The molecule has 6 heteroatoms. The molecule has 0 unspecified atom stereocenters. The number of nitrogen functional groups attached to an aromatic ring is 1. The number of rotatable bonds is 4. The first kappa shape index (κ1) is 14.9. The maximum absolute atomic E-state index is 13.0. The van der Waals surface area contributed by atoms with Crippen LogP contribution in [0.1, 0.15) is 16.7 Å². The molecule has 0 bridgehead atoms. The summed E-state index contributed by atoms with van der Waals surface area (Å²) < 4.78 is 39.0. The van der Waals surface area contributed by atoms with E-state index in [2.05, 4.69) is 0 Å². The summed E-state index contributed by atoms with van der Waals surface area (Å²) in [5.74, 6) is 0. The molecule has 0 radical (unpaired) electrons. The molecule has 0 saturated carbocycles. The molecular weight excluding hydrogens is 285 g/mol. The van der Waals surface area contributed by atoms with Gasteiger partial charge in [-0.25, -0.2) is 0 Å². The zero-order chi connectivity index (χ0) is 14.8. The summed E-state index contributed by atoms with van der Waals surface area (Å²) in [7, 11) is 1.80. The highest BCUT2D eigenvalue weighted by atomic mass is 32.1. The van der Waals surface area contributed by atoms with E-state index in [1.807, 2.05) is 21.7 Å². The lowest BCUT2D eigenvalue weighted by atomic mass is 10.1. The monoisotopic (exact) mass is 300 g/mol. The van der Waals surface area contributed by atoms with Crippen LogP contribution in [0, 0.1) is 0 Å². The van der Waals surface area contributed by atoms with Crippen LogP contribution in [0.25, 0.3) is 0 Å². The number of benzene rings is 1. The second-order valence-electron chi connectivity index (χ2n) is 4.72. The fourth-order valence-corrected chi connectivity index (χ4v) is 2.70. The summed E-state index contributed by atoms with van der Waals surface area (Å²) >= 11 is 1.57. The number of hydrogen-bond donors (Lipinski definition) is 1. The van der Waals surface area contributed by atoms with Crippen molar-refractivity contribution in [3.8, 4) is 0 Å². The second-order valence-corrected chi connectivity index (χ2v) is 5.50. The van der Waals surface area contributed by atoms with Crippen LogP contribution in [-0.4, -0.2) is 11.9 Å². The number of anilines is 1. The maximum Gasteiger partial charge on any atom is 0.416 e. The molecule has 20 heavy (non-hydrogen) atoms. The van der Waals surface area contributed by atoms with E-state index in [9.17, 15) is 13.2 Å². The molecule has 0 saturated heterocycles. The summed E-state index contributed by atoms with van der Waals surface area (Å²) in [6, 6.07) is 5.91. The Hall–Kier alpha value is -1.53. The Labute approximate surface area is 119 Å². The lowest BCUT2D eigenvalue weighted by Gasteiger charge is -2.20. The van der Waals surface area contributed by atoms with E-state index in [0.717, 1.165) is 11.6 Å². The van der Waals surface area contributed by atoms with Gasteiger partial charge in [-0.3, -0.25) is 4.90 Å². The molecule has 1 aromatic heterocycles. The molecule has 2 aromatic rings. The largest absolute Gasteiger partial charge is 0.416 e. The molecular formula is C14H15F3N2S. The average molecular weight is 300 g/mol. The molecule has 1 aromatic carbocycles. The highest BCUT2D eigenvalue weighted by molar-refractivity contribution is 7.07. The predicted molar refractivity (Wildman–Crippen MR) is 75.3 cm³/mol. The van der Waals surface area contributed by atoms with Crippen molar-refractivity contribution in [3.05, 3.63) is 51.7 Å². The summed E-state index contributed by atoms with van der Waals surface area (Å²) in [6.45, 7) is 0.843. The lowest BCUT2D eigenvalue weighted by Crippen LogP contribution is -2.20. The minimum Gasteiger partial charge on any atom is -0.399 e. The van der Waals surface area contributed by atoms with Crippen LogP contribution in [0.15, 0.2) is 35.0 Å². The Morgan fingerprint density at radius 1 is 1.20 bits per heavy atom. The fourth-order valence-electron chi connectivity index (χ4n) is 2.04. The molecule has 2 nitrogen and oxygen atoms in total. The van der Waals surface area contributed by atoms with E-state index >= 15 is 0 Å². The van der Waals surface area contributed by atoms with Gasteiger partial charge in [0.2, 0.25) is 0 Å². The summed E-state index contributed by atoms with van der Waals surface area (Å²) in [6.07, 6.45) is -4.38. The predicted octanol–water partition coefficient (Wildman–Crippen LogP) is 3.98. The first-order valence-electron chi connectivity index (χ1n) is 6.01. The van der Waals surface area contributed by atoms with Crippen LogP contribution in [0.2, 0.25) is 0 Å². The Morgan fingerprint density at radius 3 is 2.55 bits per heavy atom. The number of thiophene rings is 1. The van der Waals surface area contributed by atoms with Crippen molar-refractivity contribution in [2.75, 3.05) is 12.8 Å². The highest BCUT2D eigenvalue weighted by Crippen LogP contribution is 2.33. The van der Waals surface area contributed by atoms with Gasteiger partial charge in [0.15, 0.2) is 0 Å². The van der Waals surface area contributed by atoms with Gasteiger partial charge in [-0.05, 0) is 47.1 Å². The number of nitrogens with zero attached hydrogens (tertiary/aromatic N) is 1. The van der Waals surface area contributed by atoms with Crippen LogP contribution in [-0.2, 0) is 19.3 Å². The fraction of sp³-hybridized carbons (Fsp3) is 0.286. The van der Waals surface area contributed by atoms with Crippen LogP contribution in [0.5, 0.6) is 0 Å². The Bertz CT molecular complexity index is 564. The second kappa shape index (κ2) is 5.85. The van der Waals surface area contributed by atoms with Crippen LogP contribution < -0.4 is 5.73 Å². The third-order valence-electron chi connectivity index (χ3n) is 2.91. The van der Waals surface area contributed by atoms with E-state index in [-0.39, 0.29) is 17.8 Å². The molecule has 0 fully saturated rings. The lowest BCUT2D eigenvalue weighted by molar-refractivity contribution is -0.138. The Kier molecular flexibility index (Phi) is 4.35. The Balaban J connectivity index is 2.16. The van der Waals surface area contributed by atoms with Crippen molar-refractivity contribution in [3.63, 3.8) is 0 Å². The van der Waals surface area contributed by atoms with Gasteiger partial charge in [0.1, 0.15) is 0 Å². The summed E-state index contributed by atoms with van der Waals surface area (Å²) in [5.41, 5.74) is 6.26. The number of nitrogens with two attached hydrogens (primary N) is 1. The van der Waals surface area contributed by atoms with Crippen LogP contribution >= 0.6 is 11.3 Å². The SMILES string of the molecule is CN(Cc1ccsc1)Cc1ccc(N)cc1C(F)(F)F. The van der Waals surface area contributed by atoms with Gasteiger partial charge < -0.3 is 5.73 Å². The molecule has 2 N–H and O–H groups in total. The minimum atomic E-state index is -4.38. The molecule has 2 rings (SSSR count). The molecule has 0 aliphatic carbocycles.